The number of pyridine rings is 1. The van der Waals surface area contributed by atoms with E-state index in [1.54, 1.807) is 24.3 Å². The molecule has 2 unspecified atom stereocenters. The highest BCUT2D eigenvalue weighted by Crippen LogP contribution is 2.23. The zero-order valence-electron chi connectivity index (χ0n) is 17.5. The van der Waals surface area contributed by atoms with Crippen LogP contribution in [0.1, 0.15) is 29.3 Å². The van der Waals surface area contributed by atoms with Crippen molar-refractivity contribution in [2.45, 2.75) is 18.5 Å². The molecule has 0 saturated carbocycles. The molecule has 0 bridgehead atoms. The Morgan fingerprint density at radius 2 is 1.78 bits per heavy atom. The van der Waals surface area contributed by atoms with Gasteiger partial charge in [0.2, 0.25) is 5.91 Å². The summed E-state index contributed by atoms with van der Waals surface area (Å²) in [6, 6.07) is 12.8. The Labute approximate surface area is 186 Å². The first-order chi connectivity index (χ1) is 15.5. The first-order valence-corrected chi connectivity index (χ1v) is 10.0. The smallest absolute Gasteiger partial charge is 0.251 e. The second-order valence-electron chi connectivity index (χ2n) is 7.15. The summed E-state index contributed by atoms with van der Waals surface area (Å²) in [4.78, 5) is 40.7. The molecule has 3 aromatic rings. The molecule has 0 spiro atoms. The Kier molecular flexibility index (Phi) is 7.25. The monoisotopic (exact) mass is 428 g/mol. The number of nitrogens with two attached hydrogens (primary N) is 1. The van der Waals surface area contributed by atoms with Crippen LogP contribution in [0.5, 0.6) is 0 Å². The predicted molar refractivity (Wildman–Crippen MR) is 127 cm³/mol. The van der Waals surface area contributed by atoms with Crippen molar-refractivity contribution < 1.29 is 14.4 Å². The summed E-state index contributed by atoms with van der Waals surface area (Å²) in [6.45, 7) is 7.45. The molecule has 7 nitrogen and oxygen atoms in total. The van der Waals surface area contributed by atoms with Crippen molar-refractivity contribution in [1.82, 2.24) is 10.3 Å². The summed E-state index contributed by atoms with van der Waals surface area (Å²) in [5.74, 6) is -1.08. The van der Waals surface area contributed by atoms with Gasteiger partial charge < -0.3 is 21.2 Å². The third-order valence-corrected chi connectivity index (χ3v) is 4.97. The normalized spacial score (nSPS) is 12.4. The van der Waals surface area contributed by atoms with Crippen LogP contribution >= 0.6 is 0 Å². The van der Waals surface area contributed by atoms with Crippen molar-refractivity contribution in [2.24, 2.45) is 5.73 Å². The highest BCUT2D eigenvalue weighted by Gasteiger charge is 2.26. The average Bonchev–Trinajstić information content (AvgIpc) is 2.81. The minimum Gasteiger partial charge on any atom is -0.339 e. The Morgan fingerprint density at radius 3 is 2.47 bits per heavy atom. The van der Waals surface area contributed by atoms with E-state index in [9.17, 15) is 14.4 Å². The van der Waals surface area contributed by atoms with E-state index in [1.807, 2.05) is 36.4 Å². The van der Waals surface area contributed by atoms with Crippen molar-refractivity contribution in [3.63, 3.8) is 0 Å². The van der Waals surface area contributed by atoms with Crippen LogP contribution in [0, 0.1) is 0 Å². The van der Waals surface area contributed by atoms with Crippen LogP contribution in [0.3, 0.4) is 0 Å². The fourth-order valence-corrected chi connectivity index (χ4v) is 3.26. The second kappa shape index (κ2) is 10.3. The van der Waals surface area contributed by atoms with Crippen molar-refractivity contribution in [1.29, 1.82) is 0 Å². The third kappa shape index (κ3) is 5.14. The number of rotatable bonds is 9. The third-order valence-electron chi connectivity index (χ3n) is 4.97. The Morgan fingerprint density at radius 1 is 1.03 bits per heavy atom. The first kappa shape index (κ1) is 22.6. The zero-order valence-corrected chi connectivity index (χ0v) is 17.5. The lowest BCUT2D eigenvalue weighted by molar-refractivity contribution is -0.128. The van der Waals surface area contributed by atoms with Crippen LogP contribution in [0.4, 0.5) is 5.69 Å². The standard InChI is InChI=1S/C25H24N4O3/c1-3-16-14-20(15-27-22(16)4-2)28-25(32)23(29-24(31)21(26)11-12-30)19-10-9-17-7-5-6-8-18(17)13-19/h3-10,12-15,21,23H,1-2,11,26H2,(H,28,32)(H,29,31). The van der Waals surface area contributed by atoms with Gasteiger partial charge in [-0.05, 0) is 34.5 Å². The van der Waals surface area contributed by atoms with E-state index < -0.39 is 23.9 Å². The minimum atomic E-state index is -1.05. The molecule has 0 fully saturated rings. The SMILES string of the molecule is C=Cc1cc(NC(=O)C(NC(=O)C(N)CC=O)c2ccc3ccccc3c2)cnc1C=C. The van der Waals surface area contributed by atoms with Crippen molar-refractivity contribution in [3.8, 4) is 0 Å². The molecule has 2 atom stereocenters. The fourth-order valence-electron chi connectivity index (χ4n) is 3.26. The number of hydrogen-bond donors (Lipinski definition) is 3. The zero-order chi connectivity index (χ0) is 23.1. The molecular formula is C25H24N4O3. The van der Waals surface area contributed by atoms with Gasteiger partial charge in [-0.3, -0.25) is 14.6 Å². The highest BCUT2D eigenvalue weighted by molar-refractivity contribution is 5.99. The van der Waals surface area contributed by atoms with E-state index in [1.165, 1.54) is 6.20 Å². The van der Waals surface area contributed by atoms with Gasteiger partial charge in [-0.15, -0.1) is 0 Å². The number of fused-ring (bicyclic) bond motifs is 1. The van der Waals surface area contributed by atoms with Gasteiger partial charge in [-0.25, -0.2) is 0 Å². The summed E-state index contributed by atoms with van der Waals surface area (Å²) < 4.78 is 0. The highest BCUT2D eigenvalue weighted by atomic mass is 16.2. The van der Waals surface area contributed by atoms with Crippen molar-refractivity contribution in [3.05, 3.63) is 84.7 Å². The van der Waals surface area contributed by atoms with Gasteiger partial charge in [-0.1, -0.05) is 55.6 Å². The van der Waals surface area contributed by atoms with E-state index >= 15 is 0 Å². The summed E-state index contributed by atoms with van der Waals surface area (Å²) in [5.41, 5.74) is 8.12. The number of benzene rings is 2. The minimum absolute atomic E-state index is 0.145. The average molecular weight is 428 g/mol. The molecule has 0 radical (unpaired) electrons. The lowest BCUT2D eigenvalue weighted by atomic mass is 10.0. The Balaban J connectivity index is 1.94. The molecule has 2 amide bonds. The maximum Gasteiger partial charge on any atom is 0.251 e. The summed E-state index contributed by atoms with van der Waals surface area (Å²) >= 11 is 0. The number of nitrogens with zero attached hydrogens (tertiary/aromatic N) is 1. The van der Waals surface area contributed by atoms with Crippen molar-refractivity contribution >= 4 is 46.7 Å². The van der Waals surface area contributed by atoms with Crippen LogP contribution in [-0.4, -0.2) is 29.1 Å². The summed E-state index contributed by atoms with van der Waals surface area (Å²) in [6.07, 6.45) is 5.13. The molecule has 2 aromatic carbocycles. The van der Waals surface area contributed by atoms with Gasteiger partial charge in [0.15, 0.2) is 0 Å². The molecule has 3 rings (SSSR count). The van der Waals surface area contributed by atoms with Crippen molar-refractivity contribution in [2.75, 3.05) is 5.32 Å². The topological polar surface area (TPSA) is 114 Å². The molecule has 0 saturated heterocycles. The number of carbonyl (C=O) groups is 3. The molecule has 162 valence electrons. The maximum absolute atomic E-state index is 13.2. The van der Waals surface area contributed by atoms with Crippen LogP contribution in [-0.2, 0) is 14.4 Å². The van der Waals surface area contributed by atoms with E-state index in [4.69, 9.17) is 5.73 Å². The van der Waals surface area contributed by atoms with E-state index in [0.717, 1.165) is 10.8 Å². The molecule has 32 heavy (non-hydrogen) atoms. The van der Waals surface area contributed by atoms with Gasteiger partial charge in [-0.2, -0.15) is 0 Å². The van der Waals surface area contributed by atoms with Gasteiger partial charge in [0.1, 0.15) is 12.3 Å². The van der Waals surface area contributed by atoms with Gasteiger partial charge in [0.05, 0.1) is 23.6 Å². The van der Waals surface area contributed by atoms with E-state index in [0.29, 0.717) is 28.8 Å². The molecular weight excluding hydrogens is 404 g/mol. The molecule has 4 N–H and O–H groups in total. The summed E-state index contributed by atoms with van der Waals surface area (Å²) in [5, 5.41) is 7.36. The number of aldehydes is 1. The van der Waals surface area contributed by atoms with Crippen LogP contribution in [0.2, 0.25) is 0 Å². The number of nitrogens with one attached hydrogen (secondary N) is 2. The quantitative estimate of drug-likeness (QED) is 0.453. The molecule has 1 aromatic heterocycles. The number of amides is 2. The van der Waals surface area contributed by atoms with Gasteiger partial charge in [0, 0.05) is 12.0 Å². The number of hydrogen-bond acceptors (Lipinski definition) is 5. The number of aromatic nitrogens is 1. The number of anilines is 1. The molecule has 1 heterocycles. The van der Waals surface area contributed by atoms with E-state index in [-0.39, 0.29) is 6.42 Å². The Bertz CT molecular complexity index is 1190. The maximum atomic E-state index is 13.2. The molecule has 0 aliphatic rings. The molecule has 0 aliphatic carbocycles. The Hall–Kier alpha value is -4.10. The second-order valence-corrected chi connectivity index (χ2v) is 7.15. The van der Waals surface area contributed by atoms with Crippen LogP contribution in [0.25, 0.3) is 22.9 Å². The lowest BCUT2D eigenvalue weighted by Crippen LogP contribution is -2.45. The molecule has 7 heteroatoms. The predicted octanol–water partition coefficient (Wildman–Crippen LogP) is 3.23. The fraction of sp³-hybridized carbons (Fsp3) is 0.120. The lowest BCUT2D eigenvalue weighted by Gasteiger charge is -2.21. The van der Waals surface area contributed by atoms with Gasteiger partial charge in [0.25, 0.3) is 5.91 Å². The van der Waals surface area contributed by atoms with Gasteiger partial charge >= 0.3 is 0 Å². The largest absolute Gasteiger partial charge is 0.339 e. The van der Waals surface area contributed by atoms with Crippen LogP contribution < -0.4 is 16.4 Å². The summed E-state index contributed by atoms with van der Waals surface area (Å²) in [7, 11) is 0. The van der Waals surface area contributed by atoms with E-state index in [2.05, 4.69) is 28.8 Å². The van der Waals surface area contributed by atoms with Crippen LogP contribution in [0.15, 0.2) is 67.9 Å². The molecule has 0 aliphatic heterocycles. The first-order valence-electron chi connectivity index (χ1n) is 10.0. The number of carbonyl (C=O) groups excluding carboxylic acids is 3.